The van der Waals surface area contributed by atoms with Crippen LogP contribution >= 0.6 is 11.6 Å². The Balaban J connectivity index is 1.73. The van der Waals surface area contributed by atoms with E-state index >= 15 is 0 Å². The van der Waals surface area contributed by atoms with Crippen LogP contribution in [-0.4, -0.2) is 28.7 Å². The fourth-order valence-electron chi connectivity index (χ4n) is 1.97. The van der Waals surface area contributed by atoms with Gasteiger partial charge < -0.3 is 19.9 Å². The highest BCUT2D eigenvalue weighted by Crippen LogP contribution is 2.27. The van der Waals surface area contributed by atoms with E-state index in [9.17, 15) is 4.79 Å². The number of anilines is 1. The smallest absolute Gasteiger partial charge is 0.319 e. The number of imidazole rings is 1. The molecule has 124 valence electrons. The van der Waals surface area contributed by atoms with Gasteiger partial charge in [0.25, 0.3) is 0 Å². The number of hydrogen-bond donors (Lipinski definition) is 2. The molecule has 0 aliphatic rings. The van der Waals surface area contributed by atoms with Gasteiger partial charge in [-0.05, 0) is 31.0 Å². The summed E-state index contributed by atoms with van der Waals surface area (Å²) >= 11 is 6.13. The van der Waals surface area contributed by atoms with Gasteiger partial charge in [0.05, 0.1) is 18.0 Å². The molecule has 0 spiro atoms. The number of rotatable bonds is 8. The Labute approximate surface area is 140 Å². The third-order valence-corrected chi connectivity index (χ3v) is 3.38. The van der Waals surface area contributed by atoms with Crippen LogP contribution in [-0.2, 0) is 6.54 Å². The van der Waals surface area contributed by atoms with Gasteiger partial charge >= 0.3 is 6.03 Å². The van der Waals surface area contributed by atoms with Crippen LogP contribution in [0.5, 0.6) is 5.75 Å². The summed E-state index contributed by atoms with van der Waals surface area (Å²) in [6.45, 7) is 4.04. The van der Waals surface area contributed by atoms with Crippen molar-refractivity contribution in [1.29, 1.82) is 0 Å². The number of carbonyl (C=O) groups excluding carboxylic acids is 1. The first kappa shape index (κ1) is 17.1. The summed E-state index contributed by atoms with van der Waals surface area (Å²) in [6.07, 6.45) is 7.12. The molecule has 7 heteroatoms. The van der Waals surface area contributed by atoms with Crippen LogP contribution in [0.2, 0.25) is 5.02 Å². The summed E-state index contributed by atoms with van der Waals surface area (Å²) in [5.41, 5.74) is 0.631. The van der Waals surface area contributed by atoms with E-state index in [4.69, 9.17) is 16.3 Å². The number of benzene rings is 1. The summed E-state index contributed by atoms with van der Waals surface area (Å²) in [5, 5.41) is 6.04. The van der Waals surface area contributed by atoms with Crippen molar-refractivity contribution in [2.45, 2.75) is 26.3 Å². The molecule has 23 heavy (non-hydrogen) atoms. The number of halogens is 1. The van der Waals surface area contributed by atoms with Crippen molar-refractivity contribution in [2.24, 2.45) is 0 Å². The summed E-state index contributed by atoms with van der Waals surface area (Å²) < 4.78 is 7.46. The Bertz CT molecular complexity index is 617. The third kappa shape index (κ3) is 5.83. The van der Waals surface area contributed by atoms with Crippen LogP contribution in [0.15, 0.2) is 36.9 Å². The maximum absolute atomic E-state index is 11.8. The Kier molecular flexibility index (Phi) is 6.75. The summed E-state index contributed by atoms with van der Waals surface area (Å²) in [4.78, 5) is 15.8. The van der Waals surface area contributed by atoms with Crippen molar-refractivity contribution < 1.29 is 9.53 Å². The first-order valence-electron chi connectivity index (χ1n) is 7.62. The van der Waals surface area contributed by atoms with Crippen molar-refractivity contribution in [3.63, 3.8) is 0 Å². The first-order chi connectivity index (χ1) is 11.2. The molecule has 0 aliphatic carbocycles. The first-order valence-corrected chi connectivity index (χ1v) is 7.99. The zero-order chi connectivity index (χ0) is 16.5. The largest absolute Gasteiger partial charge is 0.492 e. The lowest BCUT2D eigenvalue weighted by Crippen LogP contribution is -2.30. The highest BCUT2D eigenvalue weighted by molar-refractivity contribution is 6.32. The SMILES string of the molecule is CCCOc1ccc(NC(=O)NCCCn2ccnc2)cc1Cl. The van der Waals surface area contributed by atoms with Gasteiger partial charge in [0, 0.05) is 31.2 Å². The van der Waals surface area contributed by atoms with Crippen LogP contribution in [0, 0.1) is 0 Å². The van der Waals surface area contributed by atoms with E-state index in [2.05, 4.69) is 15.6 Å². The topological polar surface area (TPSA) is 68.2 Å². The molecule has 0 fully saturated rings. The molecule has 1 aromatic carbocycles. The fourth-order valence-corrected chi connectivity index (χ4v) is 2.20. The molecule has 0 saturated heterocycles. The van der Waals surface area contributed by atoms with E-state index in [-0.39, 0.29) is 6.03 Å². The molecule has 2 rings (SSSR count). The molecule has 1 aromatic heterocycles. The molecule has 0 bridgehead atoms. The van der Waals surface area contributed by atoms with Crippen LogP contribution in [0.3, 0.4) is 0 Å². The van der Waals surface area contributed by atoms with Gasteiger partial charge in [-0.1, -0.05) is 18.5 Å². The van der Waals surface area contributed by atoms with Gasteiger partial charge in [-0.2, -0.15) is 0 Å². The average Bonchev–Trinajstić information content (AvgIpc) is 3.04. The van der Waals surface area contributed by atoms with Crippen molar-refractivity contribution in [3.05, 3.63) is 41.9 Å². The minimum Gasteiger partial charge on any atom is -0.492 e. The highest BCUT2D eigenvalue weighted by Gasteiger charge is 2.05. The molecule has 1 heterocycles. The van der Waals surface area contributed by atoms with Gasteiger partial charge in [0.1, 0.15) is 5.75 Å². The number of ether oxygens (including phenoxy) is 1. The maximum atomic E-state index is 11.8. The zero-order valence-corrected chi connectivity index (χ0v) is 13.8. The van der Waals surface area contributed by atoms with Crippen molar-refractivity contribution in [2.75, 3.05) is 18.5 Å². The van der Waals surface area contributed by atoms with Gasteiger partial charge in [-0.25, -0.2) is 9.78 Å². The second kappa shape index (κ2) is 9.05. The molecular weight excluding hydrogens is 316 g/mol. The van der Waals surface area contributed by atoms with Gasteiger partial charge in [0.15, 0.2) is 0 Å². The number of urea groups is 1. The van der Waals surface area contributed by atoms with E-state index in [1.165, 1.54) is 0 Å². The predicted molar refractivity (Wildman–Crippen MR) is 91.1 cm³/mol. The minimum atomic E-state index is -0.256. The van der Waals surface area contributed by atoms with E-state index in [1.54, 1.807) is 30.7 Å². The number of aromatic nitrogens is 2. The second-order valence-corrected chi connectivity index (χ2v) is 5.44. The Hall–Kier alpha value is -2.21. The van der Waals surface area contributed by atoms with Crippen LogP contribution < -0.4 is 15.4 Å². The summed E-state index contributed by atoms with van der Waals surface area (Å²) in [6, 6.07) is 4.94. The minimum absolute atomic E-state index is 0.256. The van der Waals surface area contributed by atoms with Gasteiger partial charge in [-0.15, -0.1) is 0 Å². The quantitative estimate of drug-likeness (QED) is 0.724. The number of carbonyl (C=O) groups is 1. The monoisotopic (exact) mass is 336 g/mol. The summed E-state index contributed by atoms with van der Waals surface area (Å²) in [7, 11) is 0. The molecular formula is C16H21ClN4O2. The van der Waals surface area contributed by atoms with E-state index < -0.39 is 0 Å². The number of hydrogen-bond acceptors (Lipinski definition) is 3. The van der Waals surface area contributed by atoms with Crippen LogP contribution in [0.1, 0.15) is 19.8 Å². The maximum Gasteiger partial charge on any atom is 0.319 e. The molecule has 0 unspecified atom stereocenters. The molecule has 2 aromatic rings. The average molecular weight is 337 g/mol. The van der Waals surface area contributed by atoms with E-state index in [0.717, 1.165) is 19.4 Å². The number of nitrogens with zero attached hydrogens (tertiary/aromatic N) is 2. The van der Waals surface area contributed by atoms with Crippen molar-refractivity contribution >= 4 is 23.3 Å². The Morgan fingerprint density at radius 1 is 1.43 bits per heavy atom. The number of aryl methyl sites for hydroxylation is 1. The Morgan fingerprint density at radius 3 is 3.00 bits per heavy atom. The lowest BCUT2D eigenvalue weighted by atomic mass is 10.3. The number of amides is 2. The van der Waals surface area contributed by atoms with E-state index in [0.29, 0.717) is 29.6 Å². The zero-order valence-electron chi connectivity index (χ0n) is 13.1. The molecule has 2 amide bonds. The van der Waals surface area contributed by atoms with Gasteiger partial charge in [-0.3, -0.25) is 0 Å². The lowest BCUT2D eigenvalue weighted by Gasteiger charge is -2.10. The van der Waals surface area contributed by atoms with Gasteiger partial charge in [0.2, 0.25) is 0 Å². The molecule has 0 radical (unpaired) electrons. The molecule has 0 saturated carbocycles. The predicted octanol–water partition coefficient (Wildman–Crippen LogP) is 3.54. The molecule has 2 N–H and O–H groups in total. The third-order valence-electron chi connectivity index (χ3n) is 3.09. The lowest BCUT2D eigenvalue weighted by molar-refractivity contribution is 0.252. The molecule has 0 atom stereocenters. The summed E-state index contributed by atoms with van der Waals surface area (Å²) in [5.74, 6) is 0.625. The Morgan fingerprint density at radius 2 is 2.30 bits per heavy atom. The molecule has 0 aliphatic heterocycles. The van der Waals surface area contributed by atoms with Crippen LogP contribution in [0.4, 0.5) is 10.5 Å². The van der Waals surface area contributed by atoms with Crippen molar-refractivity contribution in [3.8, 4) is 5.75 Å². The standard InChI is InChI=1S/C16H21ClN4O2/c1-2-10-23-15-5-4-13(11-14(15)17)20-16(22)19-6-3-8-21-9-7-18-12-21/h4-5,7,9,11-12H,2-3,6,8,10H2,1H3,(H2,19,20,22). The fraction of sp³-hybridized carbons (Fsp3) is 0.375. The van der Waals surface area contributed by atoms with E-state index in [1.807, 2.05) is 17.7 Å². The van der Waals surface area contributed by atoms with Crippen molar-refractivity contribution in [1.82, 2.24) is 14.9 Å². The highest BCUT2D eigenvalue weighted by atomic mass is 35.5. The number of nitrogens with one attached hydrogen (secondary N) is 2. The normalized spacial score (nSPS) is 10.3. The van der Waals surface area contributed by atoms with Crippen LogP contribution in [0.25, 0.3) is 0 Å². The molecule has 6 nitrogen and oxygen atoms in total. The second-order valence-electron chi connectivity index (χ2n) is 5.03.